The molecule has 0 aliphatic carbocycles. The van der Waals surface area contributed by atoms with Crippen LogP contribution in [-0.2, 0) is 19.3 Å². The highest BCUT2D eigenvalue weighted by Crippen LogP contribution is 2.22. The van der Waals surface area contributed by atoms with Crippen molar-refractivity contribution in [3.63, 3.8) is 0 Å². The van der Waals surface area contributed by atoms with Crippen LogP contribution in [0.3, 0.4) is 0 Å². The summed E-state index contributed by atoms with van der Waals surface area (Å²) in [4.78, 5) is 0. The van der Waals surface area contributed by atoms with Crippen molar-refractivity contribution in [3.8, 4) is 0 Å². The fourth-order valence-electron chi connectivity index (χ4n) is 2.32. The zero-order chi connectivity index (χ0) is 11.5. The van der Waals surface area contributed by atoms with Crippen molar-refractivity contribution in [1.29, 1.82) is 0 Å². The molecule has 0 spiro atoms. The van der Waals surface area contributed by atoms with Gasteiger partial charge < -0.3 is 0 Å². The Labute approximate surface area is 98.3 Å². The molecule has 0 amide bonds. The lowest BCUT2D eigenvalue weighted by atomic mass is 9.96. The van der Waals surface area contributed by atoms with Gasteiger partial charge in [0, 0.05) is 0 Å². The summed E-state index contributed by atoms with van der Waals surface area (Å²) in [6.45, 7) is 6.69. The van der Waals surface area contributed by atoms with Gasteiger partial charge in [-0.3, -0.25) is 0 Å². The predicted molar refractivity (Wildman–Crippen MR) is 72.1 cm³/mol. The summed E-state index contributed by atoms with van der Waals surface area (Å²) >= 11 is 0. The highest BCUT2D eigenvalue weighted by molar-refractivity contribution is 5.84. The van der Waals surface area contributed by atoms with Crippen LogP contribution in [-0.4, -0.2) is 0 Å². The Kier molecular flexibility index (Phi) is 3.28. The Morgan fingerprint density at radius 3 is 1.88 bits per heavy atom. The van der Waals surface area contributed by atoms with E-state index in [0.717, 1.165) is 19.3 Å². The van der Waals surface area contributed by atoms with Gasteiger partial charge in [-0.15, -0.1) is 0 Å². The summed E-state index contributed by atoms with van der Waals surface area (Å²) in [6.07, 6.45) is 3.39. The lowest BCUT2D eigenvalue weighted by molar-refractivity contribution is 1.04. The fraction of sp³-hybridized carbons (Fsp3) is 0.375. The minimum atomic E-state index is 1.12. The molecular weight excluding hydrogens is 192 g/mol. The van der Waals surface area contributed by atoms with E-state index in [9.17, 15) is 0 Å². The minimum Gasteiger partial charge on any atom is -0.0613 e. The molecule has 0 atom stereocenters. The normalized spacial score (nSPS) is 10.9. The Hall–Kier alpha value is -1.30. The second kappa shape index (κ2) is 4.69. The van der Waals surface area contributed by atoms with Crippen molar-refractivity contribution in [2.75, 3.05) is 0 Å². The van der Waals surface area contributed by atoms with Crippen LogP contribution in [0.4, 0.5) is 0 Å². The van der Waals surface area contributed by atoms with Crippen LogP contribution in [0.2, 0.25) is 0 Å². The SMILES string of the molecule is CCc1ccc2cc(CC)c(CC)cc2c1. The third-order valence-electron chi connectivity index (χ3n) is 3.39. The van der Waals surface area contributed by atoms with Crippen LogP contribution in [0.1, 0.15) is 37.5 Å². The second-order valence-corrected chi connectivity index (χ2v) is 4.36. The van der Waals surface area contributed by atoms with E-state index in [4.69, 9.17) is 0 Å². The zero-order valence-electron chi connectivity index (χ0n) is 10.5. The van der Waals surface area contributed by atoms with E-state index >= 15 is 0 Å². The van der Waals surface area contributed by atoms with Crippen molar-refractivity contribution in [2.24, 2.45) is 0 Å². The van der Waals surface area contributed by atoms with Gasteiger partial charge in [-0.05, 0) is 46.7 Å². The van der Waals surface area contributed by atoms with E-state index in [1.807, 2.05) is 0 Å². The van der Waals surface area contributed by atoms with Crippen molar-refractivity contribution >= 4 is 10.8 Å². The van der Waals surface area contributed by atoms with E-state index in [-0.39, 0.29) is 0 Å². The Bertz CT molecular complexity index is 495. The first-order valence-electron chi connectivity index (χ1n) is 6.32. The molecule has 2 rings (SSSR count). The maximum absolute atomic E-state index is 2.37. The van der Waals surface area contributed by atoms with Crippen molar-refractivity contribution in [3.05, 3.63) is 47.0 Å². The van der Waals surface area contributed by atoms with Crippen LogP contribution in [0.5, 0.6) is 0 Å². The number of rotatable bonds is 3. The van der Waals surface area contributed by atoms with Gasteiger partial charge in [0.05, 0.1) is 0 Å². The molecule has 0 heteroatoms. The molecule has 16 heavy (non-hydrogen) atoms. The average molecular weight is 212 g/mol. The number of benzene rings is 2. The van der Waals surface area contributed by atoms with Gasteiger partial charge >= 0.3 is 0 Å². The molecule has 84 valence electrons. The average Bonchev–Trinajstić information content (AvgIpc) is 2.36. The van der Waals surface area contributed by atoms with Gasteiger partial charge in [-0.1, -0.05) is 51.1 Å². The largest absolute Gasteiger partial charge is 0.0613 e. The lowest BCUT2D eigenvalue weighted by Gasteiger charge is -2.09. The van der Waals surface area contributed by atoms with Gasteiger partial charge in [0.15, 0.2) is 0 Å². The molecule has 0 N–H and O–H groups in total. The molecule has 0 heterocycles. The Morgan fingerprint density at radius 1 is 0.688 bits per heavy atom. The molecule has 0 aromatic heterocycles. The maximum atomic E-state index is 2.37. The van der Waals surface area contributed by atoms with Crippen molar-refractivity contribution < 1.29 is 0 Å². The van der Waals surface area contributed by atoms with Crippen LogP contribution < -0.4 is 0 Å². The van der Waals surface area contributed by atoms with Crippen LogP contribution in [0, 0.1) is 0 Å². The molecule has 0 fully saturated rings. The molecule has 0 nitrogen and oxygen atoms in total. The molecular formula is C16H20. The molecule has 0 unspecified atom stereocenters. The minimum absolute atomic E-state index is 1.12. The maximum Gasteiger partial charge on any atom is -0.0178 e. The quantitative estimate of drug-likeness (QED) is 0.701. The smallest absolute Gasteiger partial charge is 0.0178 e. The summed E-state index contributed by atoms with van der Waals surface area (Å²) in [5, 5.41) is 2.78. The molecule has 0 aliphatic rings. The van der Waals surface area contributed by atoms with Crippen molar-refractivity contribution in [2.45, 2.75) is 40.0 Å². The van der Waals surface area contributed by atoms with E-state index in [0.29, 0.717) is 0 Å². The molecule has 0 saturated carbocycles. The number of fused-ring (bicyclic) bond motifs is 1. The molecule has 0 bridgehead atoms. The summed E-state index contributed by atoms with van der Waals surface area (Å²) in [6, 6.07) is 11.6. The van der Waals surface area contributed by atoms with E-state index < -0.39 is 0 Å². The highest BCUT2D eigenvalue weighted by atomic mass is 14.1. The van der Waals surface area contributed by atoms with E-state index in [1.54, 1.807) is 0 Å². The van der Waals surface area contributed by atoms with Crippen molar-refractivity contribution in [1.82, 2.24) is 0 Å². The third kappa shape index (κ3) is 1.97. The standard InChI is InChI=1S/C16H20/c1-4-12-7-8-15-10-13(5-2)14(6-3)11-16(15)9-12/h7-11H,4-6H2,1-3H3. The Morgan fingerprint density at radius 2 is 1.31 bits per heavy atom. The third-order valence-corrected chi connectivity index (χ3v) is 3.39. The molecule has 2 aromatic rings. The van der Waals surface area contributed by atoms with Crippen LogP contribution in [0.15, 0.2) is 30.3 Å². The fourth-order valence-corrected chi connectivity index (χ4v) is 2.32. The van der Waals surface area contributed by atoms with Crippen LogP contribution >= 0.6 is 0 Å². The van der Waals surface area contributed by atoms with Gasteiger partial charge in [-0.2, -0.15) is 0 Å². The summed E-state index contributed by atoms with van der Waals surface area (Å²) < 4.78 is 0. The number of hydrogen-bond acceptors (Lipinski definition) is 0. The van der Waals surface area contributed by atoms with Gasteiger partial charge in [0.25, 0.3) is 0 Å². The molecule has 0 saturated heterocycles. The Balaban J connectivity index is 2.63. The number of hydrogen-bond donors (Lipinski definition) is 0. The van der Waals surface area contributed by atoms with Gasteiger partial charge in [0.2, 0.25) is 0 Å². The highest BCUT2D eigenvalue weighted by Gasteiger charge is 2.02. The second-order valence-electron chi connectivity index (χ2n) is 4.36. The molecule has 0 aliphatic heterocycles. The topological polar surface area (TPSA) is 0 Å². The summed E-state index contributed by atoms with van der Waals surface area (Å²) in [7, 11) is 0. The van der Waals surface area contributed by atoms with E-state index in [1.165, 1.54) is 27.5 Å². The summed E-state index contributed by atoms with van der Waals surface area (Å²) in [5.74, 6) is 0. The first kappa shape index (κ1) is 11.2. The monoisotopic (exact) mass is 212 g/mol. The van der Waals surface area contributed by atoms with E-state index in [2.05, 4.69) is 51.1 Å². The van der Waals surface area contributed by atoms with Crippen LogP contribution in [0.25, 0.3) is 10.8 Å². The summed E-state index contributed by atoms with van der Waals surface area (Å²) in [5.41, 5.74) is 4.43. The lowest BCUT2D eigenvalue weighted by Crippen LogP contribution is -1.91. The van der Waals surface area contributed by atoms with Gasteiger partial charge in [-0.25, -0.2) is 0 Å². The first-order chi connectivity index (χ1) is 7.78. The number of aryl methyl sites for hydroxylation is 3. The predicted octanol–water partition coefficient (Wildman–Crippen LogP) is 4.53. The van der Waals surface area contributed by atoms with Gasteiger partial charge in [0.1, 0.15) is 0 Å². The first-order valence-corrected chi connectivity index (χ1v) is 6.32. The molecule has 2 aromatic carbocycles. The molecule has 0 radical (unpaired) electrons. The zero-order valence-corrected chi connectivity index (χ0v) is 10.5.